The van der Waals surface area contributed by atoms with Crippen molar-refractivity contribution in [2.24, 2.45) is 0 Å². The van der Waals surface area contributed by atoms with E-state index >= 15 is 0 Å². The Bertz CT molecular complexity index is 371. The number of aliphatic carboxylic acids is 8. The van der Waals surface area contributed by atoms with Crippen LogP contribution in [0.1, 0.15) is 55.4 Å². The zero-order valence-corrected chi connectivity index (χ0v) is 25.2. The van der Waals surface area contributed by atoms with E-state index in [4.69, 9.17) is 79.2 Å². The molecule has 0 aromatic rings. The first-order valence-electron chi connectivity index (χ1n) is 7.27. The number of carboxylic acid groups (broad SMARTS) is 8. The first kappa shape index (κ1) is 63.4. The van der Waals surface area contributed by atoms with Gasteiger partial charge < -0.3 is 79.2 Å². The minimum atomic E-state index is -1.08. The Balaban J connectivity index is -0.0000000240. The van der Waals surface area contributed by atoms with Crippen LogP contribution in [0.15, 0.2) is 0 Å². The average Bonchev–Trinajstić information content (AvgIpc) is 2.30. The minimum Gasteiger partial charge on any atom is -0.550 e. The molecule has 0 fully saturated rings. The summed E-state index contributed by atoms with van der Waals surface area (Å²) in [4.78, 5) is 71.1. The molecule has 0 atom stereocenters. The predicted molar refractivity (Wildman–Crippen MR) is 97.0 cm³/mol. The maximum atomic E-state index is 8.89. The molecule has 0 N–H and O–H groups in total. The van der Waals surface area contributed by atoms with Crippen molar-refractivity contribution in [2.45, 2.75) is 55.4 Å². The van der Waals surface area contributed by atoms with E-state index in [0.717, 1.165) is 55.4 Å². The summed E-state index contributed by atoms with van der Waals surface area (Å²) in [6, 6.07) is 0. The third-order valence-corrected chi connectivity index (χ3v) is 0. The van der Waals surface area contributed by atoms with Gasteiger partial charge in [0.15, 0.2) is 0 Å². The summed E-state index contributed by atoms with van der Waals surface area (Å²) in [5, 5.41) is 71.1. The Morgan fingerprint density at radius 2 is 0.265 bits per heavy atom. The second-order valence-corrected chi connectivity index (χ2v) is 3.93. The third kappa shape index (κ3) is 3380. The van der Waals surface area contributed by atoms with Gasteiger partial charge in [-0.2, -0.15) is 0 Å². The van der Waals surface area contributed by atoms with Gasteiger partial charge in [0.2, 0.25) is 0 Å². The Kier molecular flexibility index (Phi) is 107. The summed E-state index contributed by atoms with van der Waals surface area (Å²) in [5.41, 5.74) is 0. The Labute approximate surface area is 229 Å². The summed E-state index contributed by atoms with van der Waals surface area (Å²) >= 11 is 0. The normalized spacial score (nSPS) is 5.88. The topological polar surface area (TPSA) is 321 Å². The molecule has 0 aromatic heterocycles. The van der Waals surface area contributed by atoms with Gasteiger partial charge in [0.25, 0.3) is 0 Å². The standard InChI is InChI=1S/8C2H4O2.2Sn/c8*1-2(3)4;;/h8*1H3,(H,3,4);;/q;;;;;;;;2*+4/p-8. The van der Waals surface area contributed by atoms with E-state index in [0.29, 0.717) is 0 Å². The van der Waals surface area contributed by atoms with Crippen LogP contribution in [-0.2, 0) is 38.4 Å². The summed E-state index contributed by atoms with van der Waals surface area (Å²) in [5.74, 6) is -8.67. The Morgan fingerprint density at radius 3 is 0.265 bits per heavy atom. The first-order valence-corrected chi connectivity index (χ1v) is 7.27. The molecular weight excluding hydrogens is 686 g/mol. The van der Waals surface area contributed by atoms with Crippen molar-refractivity contribution < 1.29 is 79.2 Å². The second-order valence-electron chi connectivity index (χ2n) is 3.93. The van der Waals surface area contributed by atoms with E-state index in [1.807, 2.05) is 0 Å². The van der Waals surface area contributed by atoms with Crippen molar-refractivity contribution in [3.05, 3.63) is 0 Å². The molecule has 0 heterocycles. The van der Waals surface area contributed by atoms with E-state index in [-0.39, 0.29) is 47.8 Å². The molecule has 0 aliphatic rings. The first-order chi connectivity index (χ1) is 13.9. The summed E-state index contributed by atoms with van der Waals surface area (Å²) in [7, 11) is 0. The van der Waals surface area contributed by atoms with Crippen molar-refractivity contribution in [1.29, 1.82) is 0 Å². The minimum absolute atomic E-state index is 0. The van der Waals surface area contributed by atoms with Crippen molar-refractivity contribution in [2.75, 3.05) is 0 Å². The number of carboxylic acids is 8. The molecule has 192 valence electrons. The van der Waals surface area contributed by atoms with Gasteiger partial charge in [-0.05, 0) is 55.4 Å². The molecule has 34 heavy (non-hydrogen) atoms. The van der Waals surface area contributed by atoms with E-state index < -0.39 is 47.8 Å². The van der Waals surface area contributed by atoms with Gasteiger partial charge >= 0.3 is 47.8 Å². The molecule has 0 aliphatic carbocycles. The molecule has 0 aliphatic heterocycles. The smallest absolute Gasteiger partial charge is 0.550 e. The van der Waals surface area contributed by atoms with Crippen LogP contribution in [0.3, 0.4) is 0 Å². The fourth-order valence-corrected chi connectivity index (χ4v) is 0. The zero-order valence-electron chi connectivity index (χ0n) is 19.5. The van der Waals surface area contributed by atoms with Crippen LogP contribution in [0.25, 0.3) is 0 Å². The number of carbonyl (C=O) groups excluding carboxylic acids is 8. The quantitative estimate of drug-likeness (QED) is 0.211. The summed E-state index contributed by atoms with van der Waals surface area (Å²) in [6.07, 6.45) is 0. The summed E-state index contributed by atoms with van der Waals surface area (Å²) < 4.78 is 0. The molecule has 0 aromatic carbocycles. The van der Waals surface area contributed by atoms with Gasteiger partial charge in [-0.15, -0.1) is 0 Å². The zero-order chi connectivity index (χ0) is 28.6. The van der Waals surface area contributed by atoms with Crippen molar-refractivity contribution >= 4 is 95.6 Å². The van der Waals surface area contributed by atoms with Crippen molar-refractivity contribution in [1.82, 2.24) is 0 Å². The molecule has 18 heteroatoms. The van der Waals surface area contributed by atoms with Crippen molar-refractivity contribution in [3.8, 4) is 0 Å². The van der Waals surface area contributed by atoms with Crippen LogP contribution >= 0.6 is 0 Å². The molecule has 16 nitrogen and oxygen atoms in total. The van der Waals surface area contributed by atoms with Gasteiger partial charge in [-0.1, -0.05) is 0 Å². The number of hydrogen-bond acceptors (Lipinski definition) is 16. The fraction of sp³-hybridized carbons (Fsp3) is 0.500. The maximum absolute atomic E-state index is 8.89. The van der Waals surface area contributed by atoms with Crippen LogP contribution in [0.4, 0.5) is 0 Å². The molecule has 0 bridgehead atoms. The molecule has 0 saturated carbocycles. The largest absolute Gasteiger partial charge is 4.00 e. The van der Waals surface area contributed by atoms with Gasteiger partial charge in [-0.25, -0.2) is 0 Å². The Hall–Kier alpha value is -2.64. The monoisotopic (exact) mass is 712 g/mol. The fourth-order valence-electron chi connectivity index (χ4n) is 0. The van der Waals surface area contributed by atoms with Crippen LogP contribution in [0, 0.1) is 0 Å². The van der Waals surface area contributed by atoms with E-state index in [9.17, 15) is 0 Å². The van der Waals surface area contributed by atoms with Gasteiger partial charge in [0.1, 0.15) is 0 Å². The molecule has 0 amide bonds. The van der Waals surface area contributed by atoms with Crippen LogP contribution in [0.5, 0.6) is 0 Å². The predicted octanol–water partition coefficient (Wildman–Crippen LogP) is -10.7. The maximum Gasteiger partial charge on any atom is 4.00 e. The van der Waals surface area contributed by atoms with Gasteiger partial charge in [-0.3, -0.25) is 0 Å². The summed E-state index contributed by atoms with van der Waals surface area (Å²) in [6.45, 7) is 7.78. The molecule has 0 saturated heterocycles. The molecule has 0 rings (SSSR count). The van der Waals surface area contributed by atoms with Crippen molar-refractivity contribution in [3.63, 3.8) is 0 Å². The Morgan fingerprint density at radius 1 is 0.265 bits per heavy atom. The van der Waals surface area contributed by atoms with Gasteiger partial charge in [0, 0.05) is 47.8 Å². The molecular formula is C16H24O16Sn2. The van der Waals surface area contributed by atoms with Crippen LogP contribution in [-0.4, -0.2) is 95.6 Å². The van der Waals surface area contributed by atoms with E-state index in [2.05, 4.69) is 0 Å². The third-order valence-electron chi connectivity index (χ3n) is 0. The number of rotatable bonds is 0. The van der Waals surface area contributed by atoms with E-state index in [1.54, 1.807) is 0 Å². The van der Waals surface area contributed by atoms with Crippen LogP contribution in [0.2, 0.25) is 0 Å². The van der Waals surface area contributed by atoms with Crippen LogP contribution < -0.4 is 40.9 Å². The average molecular weight is 710 g/mol. The number of carbonyl (C=O) groups is 8. The van der Waals surface area contributed by atoms with E-state index in [1.165, 1.54) is 0 Å². The molecule has 0 unspecified atom stereocenters. The van der Waals surface area contributed by atoms with Gasteiger partial charge in [0.05, 0.1) is 0 Å². The molecule has 0 spiro atoms. The second kappa shape index (κ2) is 57.4. The molecule has 0 radical (unpaired) electrons. The SMILES string of the molecule is CC(=O)[O-].CC(=O)[O-].CC(=O)[O-].CC(=O)[O-].CC(=O)[O-].CC(=O)[O-].CC(=O)[O-].CC(=O)[O-].[Sn+4].[Sn+4]. The number of hydrogen-bond donors (Lipinski definition) is 0.